The first-order chi connectivity index (χ1) is 12.3. The Morgan fingerprint density at radius 3 is 2.62 bits per heavy atom. The Morgan fingerprint density at radius 1 is 1.19 bits per heavy atom. The van der Waals surface area contributed by atoms with E-state index in [9.17, 15) is 18.0 Å². The molecule has 1 amide bonds. The van der Waals surface area contributed by atoms with Crippen LogP contribution in [0.15, 0.2) is 42.5 Å². The number of rotatable bonds is 5. The van der Waals surface area contributed by atoms with Gasteiger partial charge in [-0.05, 0) is 47.7 Å². The number of carbonyl (C=O) groups excluding carboxylic acids is 1. The van der Waals surface area contributed by atoms with Gasteiger partial charge in [-0.2, -0.15) is 0 Å². The van der Waals surface area contributed by atoms with E-state index < -0.39 is 24.6 Å². The fraction of sp³-hybridized carbons (Fsp3) is 0.133. The molecule has 0 saturated carbocycles. The van der Waals surface area contributed by atoms with Crippen LogP contribution >= 0.6 is 11.6 Å². The van der Waals surface area contributed by atoms with Crippen molar-refractivity contribution < 1.29 is 27.5 Å². The largest absolute Gasteiger partial charge is 0.573 e. The Hall–Kier alpha value is -3.01. The first-order valence-corrected chi connectivity index (χ1v) is 7.48. The van der Waals surface area contributed by atoms with Crippen LogP contribution in [0, 0.1) is 0 Å². The van der Waals surface area contributed by atoms with Gasteiger partial charge in [0.25, 0.3) is 5.91 Å². The molecule has 136 valence electrons. The van der Waals surface area contributed by atoms with Crippen LogP contribution < -0.4 is 14.9 Å². The van der Waals surface area contributed by atoms with Crippen molar-refractivity contribution in [1.29, 1.82) is 0 Å². The van der Waals surface area contributed by atoms with Crippen LogP contribution in [-0.2, 0) is 4.79 Å². The van der Waals surface area contributed by atoms with Gasteiger partial charge in [-0.25, -0.2) is 0 Å². The summed E-state index contributed by atoms with van der Waals surface area (Å²) in [5.41, 5.74) is 1.30. The van der Waals surface area contributed by atoms with Crippen molar-refractivity contribution >= 4 is 34.2 Å². The monoisotopic (exact) mass is 386 g/mol. The summed E-state index contributed by atoms with van der Waals surface area (Å²) in [5.74, 6) is -0.933. The number of ether oxygens (including phenoxy) is 1. The first kappa shape index (κ1) is 17.8. The number of hydrogen-bond donors (Lipinski definition) is 1. The molecule has 1 N–H and O–H groups in total. The van der Waals surface area contributed by atoms with Crippen molar-refractivity contribution in [3.8, 4) is 5.75 Å². The Balaban J connectivity index is 1.57. The molecule has 0 spiro atoms. The highest BCUT2D eigenvalue weighted by molar-refractivity contribution is 6.31. The molecule has 0 unspecified atom stereocenters. The highest BCUT2D eigenvalue weighted by atomic mass is 35.5. The Labute approximate surface area is 149 Å². The second kappa shape index (κ2) is 7.08. The van der Waals surface area contributed by atoms with E-state index in [1.54, 1.807) is 18.2 Å². The maximum Gasteiger partial charge on any atom is 0.573 e. The number of nitrogens with one attached hydrogen (secondary N) is 1. The third-order valence-corrected chi connectivity index (χ3v) is 3.30. The average Bonchev–Trinajstić information content (AvgIpc) is 2.95. The number of alkyl halides is 3. The van der Waals surface area contributed by atoms with Crippen LogP contribution in [0.25, 0.3) is 11.0 Å². The van der Waals surface area contributed by atoms with E-state index in [0.717, 1.165) is 17.0 Å². The molecule has 0 bridgehead atoms. The molecule has 7 nitrogen and oxygen atoms in total. The maximum atomic E-state index is 12.1. The van der Waals surface area contributed by atoms with Crippen LogP contribution in [0.5, 0.6) is 5.75 Å². The lowest BCUT2D eigenvalue weighted by molar-refractivity contribution is -0.274. The maximum absolute atomic E-state index is 12.1. The molecule has 1 heterocycles. The van der Waals surface area contributed by atoms with Gasteiger partial charge in [0, 0.05) is 10.7 Å². The van der Waals surface area contributed by atoms with E-state index in [0.29, 0.717) is 16.1 Å². The topological polar surface area (TPSA) is 78.3 Å². The van der Waals surface area contributed by atoms with Crippen LogP contribution in [0.1, 0.15) is 0 Å². The van der Waals surface area contributed by atoms with Crippen LogP contribution in [-0.4, -0.2) is 34.0 Å². The third kappa shape index (κ3) is 4.54. The van der Waals surface area contributed by atoms with E-state index in [2.05, 4.69) is 20.4 Å². The Morgan fingerprint density at radius 2 is 1.92 bits per heavy atom. The minimum absolute atomic E-state index is 0.277. The van der Waals surface area contributed by atoms with Gasteiger partial charge < -0.3 is 14.9 Å². The van der Waals surface area contributed by atoms with Crippen LogP contribution in [0.2, 0.25) is 5.02 Å². The molecule has 0 aliphatic carbocycles. The lowest BCUT2D eigenvalue weighted by Crippen LogP contribution is -2.26. The summed E-state index contributed by atoms with van der Waals surface area (Å²) in [7, 11) is 0. The lowest BCUT2D eigenvalue weighted by Gasteiger charge is -2.10. The highest BCUT2D eigenvalue weighted by Crippen LogP contribution is 2.24. The number of carbonyl (C=O) groups is 1. The van der Waals surface area contributed by atoms with Crippen molar-refractivity contribution in [2.75, 3.05) is 11.9 Å². The summed E-state index contributed by atoms with van der Waals surface area (Å²) in [6.45, 7) is -0.397. The normalized spacial score (nSPS) is 11.4. The van der Waals surface area contributed by atoms with Crippen LogP contribution in [0.4, 0.5) is 18.9 Å². The van der Waals surface area contributed by atoms with Gasteiger partial charge in [0.05, 0.1) is 0 Å². The molecule has 0 atom stereocenters. The second-order valence-corrected chi connectivity index (χ2v) is 5.43. The number of halogens is 4. The third-order valence-electron chi connectivity index (χ3n) is 3.07. The van der Waals surface area contributed by atoms with Crippen molar-refractivity contribution in [1.82, 2.24) is 15.2 Å². The van der Waals surface area contributed by atoms with Gasteiger partial charge in [0.2, 0.25) is 0 Å². The summed E-state index contributed by atoms with van der Waals surface area (Å²) in [5, 5.41) is 10.5. The standard InChI is InChI=1S/C15H10ClF3N4O3/c16-9-1-6-12-13(7-9)23(22-21-12)25-8-14(24)20-10-2-4-11(5-3-10)26-15(17,18)19/h1-7H,8H2,(H,20,24). The molecular formula is C15H10ClF3N4O3. The van der Waals surface area contributed by atoms with Gasteiger partial charge in [-0.3, -0.25) is 4.79 Å². The fourth-order valence-corrected chi connectivity index (χ4v) is 2.19. The van der Waals surface area contributed by atoms with E-state index >= 15 is 0 Å². The molecule has 0 aliphatic heterocycles. The molecule has 2 aromatic carbocycles. The van der Waals surface area contributed by atoms with E-state index in [1.165, 1.54) is 12.1 Å². The predicted molar refractivity (Wildman–Crippen MR) is 85.7 cm³/mol. The molecule has 0 fully saturated rings. The number of anilines is 1. The molecule has 0 radical (unpaired) electrons. The molecule has 1 aromatic heterocycles. The smallest absolute Gasteiger partial charge is 0.406 e. The summed E-state index contributed by atoms with van der Waals surface area (Å²) in [6, 6.07) is 9.56. The summed E-state index contributed by atoms with van der Waals surface area (Å²) >= 11 is 5.89. The molecular weight excluding hydrogens is 377 g/mol. The number of hydrogen-bond acceptors (Lipinski definition) is 5. The summed E-state index contributed by atoms with van der Waals surface area (Å²) < 4.78 is 40.0. The molecule has 0 aliphatic rings. The minimum atomic E-state index is -4.78. The van der Waals surface area contributed by atoms with E-state index in [4.69, 9.17) is 16.4 Å². The number of fused-ring (bicyclic) bond motifs is 1. The fourth-order valence-electron chi connectivity index (χ4n) is 2.02. The number of amides is 1. The highest BCUT2D eigenvalue weighted by Gasteiger charge is 2.30. The van der Waals surface area contributed by atoms with Crippen molar-refractivity contribution in [3.63, 3.8) is 0 Å². The van der Waals surface area contributed by atoms with Gasteiger partial charge in [-0.15, -0.1) is 18.3 Å². The van der Waals surface area contributed by atoms with Crippen molar-refractivity contribution in [2.24, 2.45) is 0 Å². The van der Waals surface area contributed by atoms with Gasteiger partial charge >= 0.3 is 6.36 Å². The van der Waals surface area contributed by atoms with Crippen molar-refractivity contribution in [2.45, 2.75) is 6.36 Å². The number of aromatic nitrogens is 3. The predicted octanol–water partition coefficient (Wildman–Crippen LogP) is 3.05. The van der Waals surface area contributed by atoms with Gasteiger partial charge in [0.15, 0.2) is 6.61 Å². The zero-order valence-electron chi connectivity index (χ0n) is 12.8. The Bertz CT molecular complexity index is 928. The van der Waals surface area contributed by atoms with Crippen molar-refractivity contribution in [3.05, 3.63) is 47.5 Å². The molecule has 0 saturated heterocycles. The summed E-state index contributed by atoms with van der Waals surface area (Å²) in [6.07, 6.45) is -4.78. The van der Waals surface area contributed by atoms with Crippen LogP contribution in [0.3, 0.4) is 0 Å². The minimum Gasteiger partial charge on any atom is -0.406 e. The molecule has 3 rings (SSSR count). The first-order valence-electron chi connectivity index (χ1n) is 7.10. The molecule has 3 aromatic rings. The zero-order valence-corrected chi connectivity index (χ0v) is 13.6. The van der Waals surface area contributed by atoms with Gasteiger partial charge in [-0.1, -0.05) is 16.4 Å². The Kier molecular flexibility index (Phi) is 4.85. The quantitative estimate of drug-likeness (QED) is 0.729. The second-order valence-electron chi connectivity index (χ2n) is 4.99. The van der Waals surface area contributed by atoms with E-state index in [1.807, 2.05) is 0 Å². The number of nitrogens with zero attached hydrogens (tertiary/aromatic N) is 3. The van der Waals surface area contributed by atoms with E-state index in [-0.39, 0.29) is 5.69 Å². The lowest BCUT2D eigenvalue weighted by atomic mass is 10.3. The summed E-state index contributed by atoms with van der Waals surface area (Å²) in [4.78, 5) is 18.2. The van der Waals surface area contributed by atoms with Gasteiger partial charge in [0.1, 0.15) is 16.8 Å². The molecule has 11 heteroatoms. The SMILES string of the molecule is O=C(COn1nnc2ccc(Cl)cc21)Nc1ccc(OC(F)(F)F)cc1. The molecule has 26 heavy (non-hydrogen) atoms. The number of benzene rings is 2. The average molecular weight is 387 g/mol. The zero-order chi connectivity index (χ0) is 18.7.